The van der Waals surface area contributed by atoms with Gasteiger partial charge in [0.2, 0.25) is 0 Å². The maximum Gasteiger partial charge on any atom is 0.0945 e. The van der Waals surface area contributed by atoms with Crippen LogP contribution in [0.4, 0.5) is 0 Å². The van der Waals surface area contributed by atoms with Gasteiger partial charge in [-0.15, -0.1) is 0 Å². The monoisotopic (exact) mass is 242 g/mol. The van der Waals surface area contributed by atoms with Gasteiger partial charge in [-0.1, -0.05) is 19.8 Å². The second-order valence-corrected chi connectivity index (χ2v) is 4.03. The molecule has 0 aromatic carbocycles. The summed E-state index contributed by atoms with van der Waals surface area (Å²) in [5.74, 6) is 0. The normalized spacial score (nSPS) is 11.8. The van der Waals surface area contributed by atoms with Gasteiger partial charge in [0, 0.05) is 25.0 Å². The van der Waals surface area contributed by atoms with Gasteiger partial charge < -0.3 is 21.1 Å². The molecule has 17 heavy (non-hydrogen) atoms. The molecule has 0 aliphatic carbocycles. The largest absolute Gasteiger partial charge is 0.395 e. The van der Waals surface area contributed by atoms with Crippen LogP contribution in [-0.4, -0.2) is 33.9 Å². The van der Waals surface area contributed by atoms with Crippen LogP contribution in [-0.2, 0) is 6.54 Å². The quantitative estimate of drug-likeness (QED) is 0.657. The van der Waals surface area contributed by atoms with E-state index in [1.807, 2.05) is 10.8 Å². The van der Waals surface area contributed by atoms with Gasteiger partial charge >= 0.3 is 0 Å². The van der Waals surface area contributed by atoms with Crippen molar-refractivity contribution in [3.63, 3.8) is 0 Å². The fraction of sp³-hybridized carbons (Fsp3) is 0.750. The number of nitrogens with two attached hydrogens (primary N) is 2. The van der Waals surface area contributed by atoms with E-state index in [0.717, 1.165) is 38.8 Å². The molecule has 1 atom stereocenters. The molecule has 1 aromatic rings. The second-order valence-electron chi connectivity index (χ2n) is 4.03. The summed E-state index contributed by atoms with van der Waals surface area (Å²) in [5, 5.41) is 8.44. The van der Waals surface area contributed by atoms with Crippen molar-refractivity contribution < 1.29 is 5.11 Å². The molecular weight excluding hydrogens is 216 g/mol. The predicted octanol–water partition coefficient (Wildman–Crippen LogP) is 0.728. The fourth-order valence-electron chi connectivity index (χ4n) is 1.25. The molecule has 5 N–H and O–H groups in total. The molecule has 5 nitrogen and oxygen atoms in total. The molecule has 0 radical (unpaired) electrons. The number of aryl methyl sites for hydroxylation is 1. The number of aromatic nitrogens is 2. The third-order valence-corrected chi connectivity index (χ3v) is 2.34. The smallest absolute Gasteiger partial charge is 0.0945 e. The molecule has 1 unspecified atom stereocenters. The highest BCUT2D eigenvalue weighted by atomic mass is 16.3. The van der Waals surface area contributed by atoms with Crippen LogP contribution in [0.1, 0.15) is 32.6 Å². The number of rotatable bonds is 7. The second kappa shape index (κ2) is 11.6. The molecule has 100 valence electrons. The molecule has 5 heteroatoms. The summed E-state index contributed by atoms with van der Waals surface area (Å²) >= 11 is 0. The Bertz CT molecular complexity index is 239. The summed E-state index contributed by atoms with van der Waals surface area (Å²) in [7, 11) is 0. The number of aliphatic hydroxyl groups excluding tert-OH is 1. The third-order valence-electron chi connectivity index (χ3n) is 2.34. The maximum absolute atomic E-state index is 8.44. The first-order valence-electron chi connectivity index (χ1n) is 6.26. The van der Waals surface area contributed by atoms with Crippen LogP contribution in [0.15, 0.2) is 18.7 Å². The Morgan fingerprint density at radius 2 is 2.18 bits per heavy atom. The van der Waals surface area contributed by atoms with Crippen LogP contribution < -0.4 is 11.5 Å². The van der Waals surface area contributed by atoms with Crippen molar-refractivity contribution in [1.82, 2.24) is 9.55 Å². The third kappa shape index (κ3) is 9.99. The van der Waals surface area contributed by atoms with E-state index in [9.17, 15) is 0 Å². The van der Waals surface area contributed by atoms with Gasteiger partial charge in [0.1, 0.15) is 0 Å². The number of hydrogen-bond acceptors (Lipinski definition) is 4. The summed E-state index contributed by atoms with van der Waals surface area (Å²) in [6.07, 6.45) is 9.78. The van der Waals surface area contributed by atoms with E-state index in [-0.39, 0.29) is 12.6 Å². The van der Waals surface area contributed by atoms with E-state index in [0.29, 0.717) is 0 Å². The van der Waals surface area contributed by atoms with Gasteiger partial charge in [-0.05, 0) is 19.4 Å². The van der Waals surface area contributed by atoms with E-state index in [4.69, 9.17) is 16.6 Å². The minimum atomic E-state index is 0.00921. The highest BCUT2D eigenvalue weighted by Gasteiger charge is 1.96. The van der Waals surface area contributed by atoms with E-state index >= 15 is 0 Å². The molecule has 0 fully saturated rings. The lowest BCUT2D eigenvalue weighted by Crippen LogP contribution is -2.23. The lowest BCUT2D eigenvalue weighted by atomic mass is 10.1. The van der Waals surface area contributed by atoms with Crippen LogP contribution in [0.5, 0.6) is 0 Å². The Morgan fingerprint density at radius 3 is 2.65 bits per heavy atom. The zero-order valence-corrected chi connectivity index (χ0v) is 10.8. The zero-order valence-electron chi connectivity index (χ0n) is 10.8. The maximum atomic E-state index is 8.44. The average Bonchev–Trinajstić information content (AvgIpc) is 2.87. The highest BCUT2D eigenvalue weighted by Crippen LogP contribution is 1.95. The first-order valence-corrected chi connectivity index (χ1v) is 6.26. The first kappa shape index (κ1) is 16.1. The fourth-order valence-corrected chi connectivity index (χ4v) is 1.25. The predicted molar refractivity (Wildman–Crippen MR) is 70.5 cm³/mol. The SMILES string of the molecule is CCCCC(N)CO.NCCCn1ccnc1. The van der Waals surface area contributed by atoms with Crippen LogP contribution in [0.3, 0.4) is 0 Å². The molecule has 1 heterocycles. The van der Waals surface area contributed by atoms with Gasteiger partial charge in [-0.2, -0.15) is 0 Å². The van der Waals surface area contributed by atoms with Crippen molar-refractivity contribution in [1.29, 1.82) is 0 Å². The lowest BCUT2D eigenvalue weighted by Gasteiger charge is -2.04. The van der Waals surface area contributed by atoms with Crippen molar-refractivity contribution in [2.24, 2.45) is 11.5 Å². The first-order chi connectivity index (χ1) is 8.24. The molecule has 0 saturated heterocycles. The molecule has 0 spiro atoms. The summed E-state index contributed by atoms with van der Waals surface area (Å²) in [6, 6.07) is 0.00921. The number of imidazole rings is 1. The molecule has 1 rings (SSSR count). The molecule has 0 aliphatic heterocycles. The van der Waals surface area contributed by atoms with Crippen LogP contribution in [0.2, 0.25) is 0 Å². The van der Waals surface area contributed by atoms with Crippen molar-refractivity contribution in [3.8, 4) is 0 Å². The Hall–Kier alpha value is -0.910. The van der Waals surface area contributed by atoms with E-state index in [1.165, 1.54) is 0 Å². The standard InChI is InChI=1S/C6H11N3.C6H15NO/c7-2-1-4-9-5-3-8-6-9;1-2-3-4-6(7)5-8/h3,5-6H,1-2,4,7H2;6,8H,2-5,7H2,1H3. The van der Waals surface area contributed by atoms with E-state index in [2.05, 4.69) is 11.9 Å². The van der Waals surface area contributed by atoms with Gasteiger partial charge in [0.15, 0.2) is 0 Å². The number of aliphatic hydroxyl groups is 1. The Balaban J connectivity index is 0.000000304. The Kier molecular flexibility index (Phi) is 11.0. The number of unbranched alkanes of at least 4 members (excludes halogenated alkanes) is 1. The van der Waals surface area contributed by atoms with Crippen molar-refractivity contribution >= 4 is 0 Å². The van der Waals surface area contributed by atoms with Crippen LogP contribution >= 0.6 is 0 Å². The van der Waals surface area contributed by atoms with Crippen molar-refractivity contribution in [2.75, 3.05) is 13.2 Å². The summed E-state index contributed by atoms with van der Waals surface area (Å²) in [6.45, 7) is 3.97. The molecule has 1 aromatic heterocycles. The molecule has 0 bridgehead atoms. The zero-order chi connectivity index (χ0) is 12.9. The van der Waals surface area contributed by atoms with Gasteiger partial charge in [0.05, 0.1) is 12.9 Å². The van der Waals surface area contributed by atoms with Gasteiger partial charge in [-0.3, -0.25) is 0 Å². The minimum absolute atomic E-state index is 0.00921. The van der Waals surface area contributed by atoms with Crippen LogP contribution in [0.25, 0.3) is 0 Å². The minimum Gasteiger partial charge on any atom is -0.395 e. The van der Waals surface area contributed by atoms with Crippen LogP contribution in [0, 0.1) is 0 Å². The summed E-state index contributed by atoms with van der Waals surface area (Å²) in [4.78, 5) is 3.90. The molecule has 0 saturated carbocycles. The average molecular weight is 242 g/mol. The number of nitrogens with zero attached hydrogens (tertiary/aromatic N) is 2. The van der Waals surface area contributed by atoms with Crippen molar-refractivity contribution in [2.45, 2.75) is 45.2 Å². The Morgan fingerprint density at radius 1 is 1.41 bits per heavy atom. The van der Waals surface area contributed by atoms with Crippen molar-refractivity contribution in [3.05, 3.63) is 18.7 Å². The van der Waals surface area contributed by atoms with Gasteiger partial charge in [0.25, 0.3) is 0 Å². The summed E-state index contributed by atoms with van der Waals surface area (Å²) < 4.78 is 2.02. The summed E-state index contributed by atoms with van der Waals surface area (Å²) in [5.41, 5.74) is 10.7. The molecule has 0 aliphatic rings. The Labute approximate surface area is 104 Å². The van der Waals surface area contributed by atoms with E-state index in [1.54, 1.807) is 12.5 Å². The number of hydrogen-bond donors (Lipinski definition) is 3. The van der Waals surface area contributed by atoms with E-state index < -0.39 is 0 Å². The van der Waals surface area contributed by atoms with Gasteiger partial charge in [-0.25, -0.2) is 4.98 Å². The lowest BCUT2D eigenvalue weighted by molar-refractivity contribution is 0.258. The molecule has 0 amide bonds. The topological polar surface area (TPSA) is 90.1 Å². The highest BCUT2D eigenvalue weighted by molar-refractivity contribution is 4.73. The molecular formula is C12H26N4O.